The number of pyridine rings is 1. The normalized spacial score (nSPS) is 15.0. The predicted octanol–water partition coefficient (Wildman–Crippen LogP) is 4.10. The summed E-state index contributed by atoms with van der Waals surface area (Å²) in [4.78, 5) is 24.3. The zero-order chi connectivity index (χ0) is 16.5. The highest BCUT2D eigenvalue weighted by Crippen LogP contribution is 2.26. The Morgan fingerprint density at radius 2 is 1.88 bits per heavy atom. The van der Waals surface area contributed by atoms with E-state index in [0.29, 0.717) is 23.0 Å². The smallest absolute Gasteiger partial charge is 0.262 e. The lowest BCUT2D eigenvalue weighted by Crippen LogP contribution is -2.20. The second kappa shape index (κ2) is 6.36. The van der Waals surface area contributed by atoms with Crippen LogP contribution in [-0.4, -0.2) is 21.0 Å². The van der Waals surface area contributed by atoms with Gasteiger partial charge in [-0.1, -0.05) is 40.9 Å². The molecule has 1 aliphatic carbocycles. The van der Waals surface area contributed by atoms with E-state index in [1.54, 1.807) is 6.20 Å². The molecule has 6 heteroatoms. The summed E-state index contributed by atoms with van der Waals surface area (Å²) >= 11 is 3.43. The lowest BCUT2D eigenvalue weighted by atomic mass is 10.0. The summed E-state index contributed by atoms with van der Waals surface area (Å²) in [5.74, 6) is 0.514. The van der Waals surface area contributed by atoms with Gasteiger partial charge in [0, 0.05) is 16.7 Å². The molecule has 2 heterocycles. The van der Waals surface area contributed by atoms with Crippen LogP contribution in [0, 0.1) is 0 Å². The van der Waals surface area contributed by atoms with Gasteiger partial charge in [-0.15, -0.1) is 0 Å². The third kappa shape index (κ3) is 2.94. The summed E-state index contributed by atoms with van der Waals surface area (Å²) < 4.78 is 1.000. The van der Waals surface area contributed by atoms with Crippen LogP contribution in [0.4, 0.5) is 5.95 Å². The first-order chi connectivity index (χ1) is 11.7. The topological polar surface area (TPSA) is 70.7 Å². The molecule has 122 valence electrons. The molecule has 0 saturated heterocycles. The first kappa shape index (κ1) is 15.3. The maximum Gasteiger partial charge on any atom is 0.262 e. The third-order valence-corrected chi connectivity index (χ3v) is 4.99. The van der Waals surface area contributed by atoms with Crippen LogP contribution in [-0.2, 0) is 0 Å². The maximum absolute atomic E-state index is 12.6. The molecule has 0 amide bonds. The Labute approximate surface area is 147 Å². The maximum atomic E-state index is 12.6. The molecule has 0 atom stereocenters. The van der Waals surface area contributed by atoms with Crippen LogP contribution in [0.15, 0.2) is 45.8 Å². The molecule has 0 radical (unpaired) electrons. The van der Waals surface area contributed by atoms with E-state index >= 15 is 0 Å². The average Bonchev–Trinajstić information content (AvgIpc) is 3.08. The first-order valence-corrected chi connectivity index (χ1v) is 8.91. The average molecular weight is 385 g/mol. The van der Waals surface area contributed by atoms with Crippen molar-refractivity contribution in [3.8, 4) is 11.1 Å². The fourth-order valence-electron chi connectivity index (χ4n) is 3.27. The van der Waals surface area contributed by atoms with E-state index in [9.17, 15) is 4.79 Å². The first-order valence-electron chi connectivity index (χ1n) is 8.12. The number of rotatable bonds is 3. The summed E-state index contributed by atoms with van der Waals surface area (Å²) in [6.45, 7) is 0. The minimum atomic E-state index is -0.161. The van der Waals surface area contributed by atoms with Crippen molar-refractivity contribution in [1.29, 1.82) is 0 Å². The van der Waals surface area contributed by atoms with E-state index in [2.05, 4.69) is 36.2 Å². The van der Waals surface area contributed by atoms with Gasteiger partial charge < -0.3 is 5.32 Å². The summed E-state index contributed by atoms with van der Waals surface area (Å²) in [6, 6.07) is 10.1. The van der Waals surface area contributed by atoms with Gasteiger partial charge in [0.1, 0.15) is 0 Å². The van der Waals surface area contributed by atoms with Crippen molar-refractivity contribution in [1.82, 2.24) is 15.0 Å². The van der Waals surface area contributed by atoms with Crippen LogP contribution in [0.3, 0.4) is 0 Å². The molecule has 1 aliphatic rings. The minimum Gasteiger partial charge on any atom is -0.353 e. The van der Waals surface area contributed by atoms with Crippen LogP contribution < -0.4 is 10.9 Å². The van der Waals surface area contributed by atoms with Crippen LogP contribution in [0.2, 0.25) is 0 Å². The fourth-order valence-corrected chi connectivity index (χ4v) is 3.53. The van der Waals surface area contributed by atoms with Gasteiger partial charge in [-0.05, 0) is 42.2 Å². The molecule has 1 aromatic carbocycles. The zero-order valence-electron chi connectivity index (χ0n) is 13.1. The monoisotopic (exact) mass is 384 g/mol. The van der Waals surface area contributed by atoms with Gasteiger partial charge in [0.05, 0.1) is 5.39 Å². The van der Waals surface area contributed by atoms with E-state index in [4.69, 9.17) is 0 Å². The number of aromatic amines is 1. The van der Waals surface area contributed by atoms with E-state index < -0.39 is 0 Å². The molecular formula is C18H17BrN4O. The second-order valence-electron chi connectivity index (χ2n) is 6.10. The number of aromatic nitrogens is 3. The van der Waals surface area contributed by atoms with Crippen LogP contribution in [0.25, 0.3) is 22.2 Å². The lowest BCUT2D eigenvalue weighted by Gasteiger charge is -2.13. The van der Waals surface area contributed by atoms with Gasteiger partial charge in [0.25, 0.3) is 5.56 Å². The number of halogens is 1. The Morgan fingerprint density at radius 3 is 2.62 bits per heavy atom. The Bertz CT molecular complexity index is 930. The van der Waals surface area contributed by atoms with Gasteiger partial charge in [0.15, 0.2) is 5.65 Å². The fraction of sp³-hybridized carbons (Fsp3) is 0.278. The van der Waals surface area contributed by atoms with Gasteiger partial charge >= 0.3 is 0 Å². The summed E-state index contributed by atoms with van der Waals surface area (Å²) in [5, 5.41) is 3.85. The van der Waals surface area contributed by atoms with Crippen molar-refractivity contribution in [3.05, 3.63) is 51.4 Å². The van der Waals surface area contributed by atoms with Gasteiger partial charge in [-0.3, -0.25) is 9.78 Å². The quantitative estimate of drug-likeness (QED) is 0.712. The van der Waals surface area contributed by atoms with E-state index in [-0.39, 0.29) is 5.56 Å². The van der Waals surface area contributed by atoms with Crippen LogP contribution >= 0.6 is 15.9 Å². The van der Waals surface area contributed by atoms with E-state index in [1.165, 1.54) is 12.8 Å². The van der Waals surface area contributed by atoms with Crippen molar-refractivity contribution in [2.45, 2.75) is 31.7 Å². The van der Waals surface area contributed by atoms with Crippen LogP contribution in [0.1, 0.15) is 25.7 Å². The SMILES string of the molecule is O=c1[nH]c(NC2CCCC2)nc2nccc(-c3ccc(Br)cc3)c12. The highest BCUT2D eigenvalue weighted by atomic mass is 79.9. The highest BCUT2D eigenvalue weighted by Gasteiger charge is 2.17. The van der Waals surface area contributed by atoms with Gasteiger partial charge in [-0.2, -0.15) is 4.98 Å². The van der Waals surface area contributed by atoms with E-state index in [1.807, 2.05) is 30.3 Å². The molecule has 0 bridgehead atoms. The third-order valence-electron chi connectivity index (χ3n) is 4.46. The standard InChI is InChI=1S/C18H17BrN4O/c19-12-7-5-11(6-8-12)14-9-10-20-16-15(14)17(24)23-18(22-16)21-13-3-1-2-4-13/h5-10,13H,1-4H2,(H2,20,21,22,23,24). The molecule has 24 heavy (non-hydrogen) atoms. The summed E-state index contributed by atoms with van der Waals surface area (Å²) in [7, 11) is 0. The van der Waals surface area contributed by atoms with Crippen molar-refractivity contribution in [3.63, 3.8) is 0 Å². The minimum absolute atomic E-state index is 0.161. The highest BCUT2D eigenvalue weighted by molar-refractivity contribution is 9.10. The van der Waals surface area contributed by atoms with Gasteiger partial charge in [0.2, 0.25) is 5.95 Å². The predicted molar refractivity (Wildman–Crippen MR) is 99.2 cm³/mol. The van der Waals surface area contributed by atoms with Gasteiger partial charge in [-0.25, -0.2) is 4.98 Å². The molecule has 0 aliphatic heterocycles. The number of hydrogen-bond donors (Lipinski definition) is 2. The van der Waals surface area contributed by atoms with Crippen LogP contribution in [0.5, 0.6) is 0 Å². The molecule has 1 saturated carbocycles. The molecule has 0 spiro atoms. The van der Waals surface area contributed by atoms with Crippen molar-refractivity contribution >= 4 is 32.9 Å². The molecule has 3 aromatic rings. The molecule has 0 unspecified atom stereocenters. The molecule has 5 nitrogen and oxygen atoms in total. The van der Waals surface area contributed by atoms with Crippen molar-refractivity contribution < 1.29 is 0 Å². The zero-order valence-corrected chi connectivity index (χ0v) is 14.6. The Morgan fingerprint density at radius 1 is 1.12 bits per heavy atom. The second-order valence-corrected chi connectivity index (χ2v) is 7.02. The molecular weight excluding hydrogens is 368 g/mol. The van der Waals surface area contributed by atoms with Crippen molar-refractivity contribution in [2.75, 3.05) is 5.32 Å². The molecule has 2 N–H and O–H groups in total. The number of nitrogens with zero attached hydrogens (tertiary/aromatic N) is 2. The van der Waals surface area contributed by atoms with Crippen molar-refractivity contribution in [2.24, 2.45) is 0 Å². The number of H-pyrrole nitrogens is 1. The number of fused-ring (bicyclic) bond motifs is 1. The number of hydrogen-bond acceptors (Lipinski definition) is 4. The Kier molecular flexibility index (Phi) is 4.06. The molecule has 1 fully saturated rings. The lowest BCUT2D eigenvalue weighted by molar-refractivity contribution is 0.744. The summed E-state index contributed by atoms with van der Waals surface area (Å²) in [6.07, 6.45) is 6.39. The Hall–Kier alpha value is -2.21. The number of anilines is 1. The largest absolute Gasteiger partial charge is 0.353 e. The Balaban J connectivity index is 1.79. The molecule has 2 aromatic heterocycles. The molecule has 4 rings (SSSR count). The number of nitrogens with one attached hydrogen (secondary N) is 2. The summed E-state index contributed by atoms with van der Waals surface area (Å²) in [5.41, 5.74) is 2.12. The number of benzene rings is 1. The van der Waals surface area contributed by atoms with E-state index in [0.717, 1.165) is 28.4 Å².